The number of ether oxygens (including phenoxy) is 1. The van der Waals surface area contributed by atoms with Crippen LogP contribution in [0.1, 0.15) is 20.9 Å². The van der Waals surface area contributed by atoms with Crippen molar-refractivity contribution < 1.29 is 13.9 Å². The molecule has 1 aliphatic heterocycles. The van der Waals surface area contributed by atoms with Crippen LogP contribution in [-0.2, 0) is 6.54 Å². The summed E-state index contributed by atoms with van der Waals surface area (Å²) < 4.78 is 18.7. The molecule has 1 aliphatic rings. The van der Waals surface area contributed by atoms with Crippen LogP contribution in [0.25, 0.3) is 0 Å². The molecule has 0 spiro atoms. The summed E-state index contributed by atoms with van der Waals surface area (Å²) in [4.78, 5) is 21.4. The zero-order valence-electron chi connectivity index (χ0n) is 13.8. The van der Waals surface area contributed by atoms with Crippen LogP contribution >= 0.6 is 11.3 Å². The number of nitrogens with zero attached hydrogens (tertiary/aromatic N) is 3. The molecule has 0 radical (unpaired) electrons. The number of piperazine rings is 1. The van der Waals surface area contributed by atoms with Gasteiger partial charge in [-0.15, -0.1) is 11.3 Å². The molecule has 128 valence electrons. The maximum atomic E-state index is 13.8. The van der Waals surface area contributed by atoms with Crippen LogP contribution in [0.15, 0.2) is 23.7 Å². The number of halogens is 1. The number of carbonyl (C=O) groups excluding carboxylic acids is 1. The highest BCUT2D eigenvalue weighted by Crippen LogP contribution is 2.20. The van der Waals surface area contributed by atoms with Crippen molar-refractivity contribution in [3.8, 4) is 5.75 Å². The van der Waals surface area contributed by atoms with Crippen LogP contribution in [0.3, 0.4) is 0 Å². The molecule has 1 aromatic carbocycles. The fourth-order valence-corrected chi connectivity index (χ4v) is 3.60. The molecule has 7 heteroatoms. The first-order valence-corrected chi connectivity index (χ1v) is 8.70. The van der Waals surface area contributed by atoms with Gasteiger partial charge in [0.2, 0.25) is 0 Å². The molecule has 0 aliphatic carbocycles. The maximum Gasteiger partial charge on any atom is 0.265 e. The maximum absolute atomic E-state index is 13.8. The van der Waals surface area contributed by atoms with Crippen LogP contribution in [0, 0.1) is 12.7 Å². The highest BCUT2D eigenvalue weighted by molar-refractivity contribution is 7.11. The average Bonchev–Trinajstić information content (AvgIpc) is 3.01. The molecule has 0 saturated carbocycles. The van der Waals surface area contributed by atoms with Gasteiger partial charge in [0.1, 0.15) is 4.88 Å². The molecule has 0 N–H and O–H groups in total. The molecule has 1 aromatic heterocycles. The number of aromatic nitrogens is 1. The molecule has 0 unspecified atom stereocenters. The van der Waals surface area contributed by atoms with Gasteiger partial charge in [-0.3, -0.25) is 9.69 Å². The van der Waals surface area contributed by atoms with Gasteiger partial charge in [-0.1, -0.05) is 6.07 Å². The normalized spacial score (nSPS) is 15.5. The SMILES string of the molecule is COc1ccc(CN2CCN(C(=O)c3scnc3C)CC2)cc1F. The fourth-order valence-electron chi connectivity index (χ4n) is 2.83. The lowest BCUT2D eigenvalue weighted by Crippen LogP contribution is -2.48. The number of rotatable bonds is 4. The van der Waals surface area contributed by atoms with E-state index in [0.29, 0.717) is 19.6 Å². The monoisotopic (exact) mass is 349 g/mol. The summed E-state index contributed by atoms with van der Waals surface area (Å²) in [6.45, 7) is 5.43. The number of methoxy groups -OCH3 is 1. The summed E-state index contributed by atoms with van der Waals surface area (Å²) in [6.07, 6.45) is 0. The van der Waals surface area contributed by atoms with Gasteiger partial charge in [0.05, 0.1) is 18.3 Å². The Balaban J connectivity index is 1.56. The van der Waals surface area contributed by atoms with E-state index in [2.05, 4.69) is 9.88 Å². The van der Waals surface area contributed by atoms with Crippen LogP contribution in [0.2, 0.25) is 0 Å². The van der Waals surface area contributed by atoms with Gasteiger partial charge in [0.25, 0.3) is 5.91 Å². The molecule has 24 heavy (non-hydrogen) atoms. The minimum absolute atomic E-state index is 0.0603. The lowest BCUT2D eigenvalue weighted by Gasteiger charge is -2.34. The van der Waals surface area contributed by atoms with Crippen molar-refractivity contribution in [3.05, 3.63) is 45.7 Å². The lowest BCUT2D eigenvalue weighted by molar-refractivity contribution is 0.0632. The number of thiazole rings is 1. The predicted octanol–water partition coefficient (Wildman–Crippen LogP) is 2.56. The highest BCUT2D eigenvalue weighted by atomic mass is 32.1. The summed E-state index contributed by atoms with van der Waals surface area (Å²) in [5.41, 5.74) is 3.41. The van der Waals surface area contributed by atoms with Crippen molar-refractivity contribution in [2.45, 2.75) is 13.5 Å². The van der Waals surface area contributed by atoms with Crippen molar-refractivity contribution in [2.24, 2.45) is 0 Å². The molecule has 2 aromatic rings. The first-order chi connectivity index (χ1) is 11.6. The van der Waals surface area contributed by atoms with E-state index in [1.165, 1.54) is 24.5 Å². The number of hydrogen-bond donors (Lipinski definition) is 0. The topological polar surface area (TPSA) is 45.7 Å². The van der Waals surface area contributed by atoms with Gasteiger partial charge in [-0.05, 0) is 24.6 Å². The second-order valence-corrected chi connectivity index (χ2v) is 6.66. The quantitative estimate of drug-likeness (QED) is 0.851. The molecular weight excluding hydrogens is 329 g/mol. The highest BCUT2D eigenvalue weighted by Gasteiger charge is 2.24. The first-order valence-electron chi connectivity index (χ1n) is 7.82. The van der Waals surface area contributed by atoms with Crippen LogP contribution < -0.4 is 4.74 Å². The molecule has 0 bridgehead atoms. The van der Waals surface area contributed by atoms with Crippen LogP contribution in [0.5, 0.6) is 5.75 Å². The Morgan fingerprint density at radius 3 is 2.67 bits per heavy atom. The average molecular weight is 349 g/mol. The zero-order valence-corrected chi connectivity index (χ0v) is 14.6. The van der Waals surface area contributed by atoms with E-state index in [0.717, 1.165) is 29.2 Å². The summed E-state index contributed by atoms with van der Waals surface area (Å²) in [7, 11) is 1.46. The zero-order chi connectivity index (χ0) is 17.1. The van der Waals surface area contributed by atoms with Crippen molar-refractivity contribution in [1.29, 1.82) is 0 Å². The van der Waals surface area contributed by atoms with Crippen molar-refractivity contribution >= 4 is 17.2 Å². The Morgan fingerprint density at radius 1 is 1.33 bits per heavy atom. The van der Waals surface area contributed by atoms with Gasteiger partial charge in [-0.25, -0.2) is 9.37 Å². The largest absolute Gasteiger partial charge is 0.494 e. The summed E-state index contributed by atoms with van der Waals surface area (Å²) in [5, 5.41) is 0. The number of aryl methyl sites for hydroxylation is 1. The van der Waals surface area contributed by atoms with E-state index >= 15 is 0 Å². The summed E-state index contributed by atoms with van der Waals surface area (Å²) >= 11 is 1.39. The number of benzene rings is 1. The molecular formula is C17H20FN3O2S. The Kier molecular flexibility index (Phi) is 5.11. The molecule has 1 saturated heterocycles. The molecule has 3 rings (SSSR count). The molecule has 1 fully saturated rings. The number of amides is 1. The van der Waals surface area contributed by atoms with E-state index in [9.17, 15) is 9.18 Å². The Bertz CT molecular complexity index is 726. The second kappa shape index (κ2) is 7.27. The Hall–Kier alpha value is -1.99. The third-order valence-electron chi connectivity index (χ3n) is 4.22. The van der Waals surface area contributed by atoms with Gasteiger partial charge in [0.15, 0.2) is 11.6 Å². The van der Waals surface area contributed by atoms with Gasteiger partial charge >= 0.3 is 0 Å². The molecule has 2 heterocycles. The second-order valence-electron chi connectivity index (χ2n) is 5.80. The van der Waals surface area contributed by atoms with Crippen molar-refractivity contribution in [3.63, 3.8) is 0 Å². The summed E-state index contributed by atoms with van der Waals surface area (Å²) in [6, 6.07) is 5.04. The van der Waals surface area contributed by atoms with E-state index in [1.54, 1.807) is 11.6 Å². The fraction of sp³-hybridized carbons (Fsp3) is 0.412. The van der Waals surface area contributed by atoms with E-state index in [1.807, 2.05) is 17.9 Å². The summed E-state index contributed by atoms with van der Waals surface area (Å²) in [5.74, 6) is -0.0243. The third-order valence-corrected chi connectivity index (χ3v) is 5.14. The van der Waals surface area contributed by atoms with Crippen LogP contribution in [-0.4, -0.2) is 54.0 Å². The predicted molar refractivity (Wildman–Crippen MR) is 91.0 cm³/mol. The molecule has 1 amide bonds. The standard InChI is InChI=1S/C17H20FN3O2S/c1-12-16(24-11-19-12)17(22)21-7-5-20(6-8-21)10-13-3-4-15(23-2)14(18)9-13/h3-4,9,11H,5-8,10H2,1-2H3. The van der Waals surface area contributed by atoms with E-state index in [4.69, 9.17) is 4.74 Å². The van der Waals surface area contributed by atoms with Crippen LogP contribution in [0.4, 0.5) is 4.39 Å². The van der Waals surface area contributed by atoms with Crippen molar-refractivity contribution in [1.82, 2.24) is 14.8 Å². The Labute approximate surface area is 144 Å². The first kappa shape index (κ1) is 16.9. The third kappa shape index (κ3) is 3.57. The molecule has 0 atom stereocenters. The smallest absolute Gasteiger partial charge is 0.265 e. The van der Waals surface area contributed by atoms with Gasteiger partial charge < -0.3 is 9.64 Å². The van der Waals surface area contributed by atoms with Gasteiger partial charge in [-0.2, -0.15) is 0 Å². The number of hydrogen-bond acceptors (Lipinski definition) is 5. The van der Waals surface area contributed by atoms with E-state index < -0.39 is 0 Å². The van der Waals surface area contributed by atoms with Crippen molar-refractivity contribution in [2.75, 3.05) is 33.3 Å². The minimum atomic E-state index is -0.343. The lowest BCUT2D eigenvalue weighted by atomic mass is 10.1. The Morgan fingerprint density at radius 2 is 2.08 bits per heavy atom. The minimum Gasteiger partial charge on any atom is -0.494 e. The van der Waals surface area contributed by atoms with Gasteiger partial charge in [0, 0.05) is 32.7 Å². The molecule has 5 nitrogen and oxygen atoms in total. The number of carbonyl (C=O) groups is 1. The van der Waals surface area contributed by atoms with E-state index in [-0.39, 0.29) is 17.5 Å².